The van der Waals surface area contributed by atoms with Gasteiger partial charge in [0.25, 0.3) is 0 Å². The van der Waals surface area contributed by atoms with Crippen molar-refractivity contribution in [1.29, 1.82) is 0 Å². The van der Waals surface area contributed by atoms with E-state index in [2.05, 4.69) is 0 Å². The predicted octanol–water partition coefficient (Wildman–Crippen LogP) is 3.43. The fourth-order valence-electron chi connectivity index (χ4n) is 2.32. The number of carbonyl (C=O) groups is 2. The molecule has 0 aliphatic carbocycles. The van der Waals surface area contributed by atoms with Crippen LogP contribution >= 0.6 is 0 Å². The molecule has 2 aromatic rings. The number of carboxylic acids is 2. The Morgan fingerprint density at radius 3 is 2.14 bits per heavy atom. The van der Waals surface area contributed by atoms with Crippen LogP contribution in [0.4, 0.5) is 0 Å². The van der Waals surface area contributed by atoms with Crippen LogP contribution in [-0.4, -0.2) is 22.2 Å². The minimum atomic E-state index is -1.23. The first-order valence-corrected chi connectivity index (χ1v) is 6.63. The van der Waals surface area contributed by atoms with Gasteiger partial charge in [-0.25, -0.2) is 9.59 Å². The van der Waals surface area contributed by atoms with E-state index >= 15 is 0 Å². The Morgan fingerprint density at radius 1 is 0.952 bits per heavy atom. The van der Waals surface area contributed by atoms with Gasteiger partial charge in [-0.2, -0.15) is 0 Å². The van der Waals surface area contributed by atoms with Gasteiger partial charge in [-0.3, -0.25) is 0 Å². The molecule has 0 aliphatic heterocycles. The van der Waals surface area contributed by atoms with Crippen LogP contribution in [0.25, 0.3) is 0 Å². The Hall–Kier alpha value is -2.62. The smallest absolute Gasteiger partial charge is 0.336 e. The summed E-state index contributed by atoms with van der Waals surface area (Å²) in [6.45, 7) is 1.99. The van der Waals surface area contributed by atoms with Crippen LogP contribution in [0, 0.1) is 0 Å². The Kier molecular flexibility index (Phi) is 4.38. The predicted molar refractivity (Wildman–Crippen MR) is 78.9 cm³/mol. The monoisotopic (exact) mass is 284 g/mol. The lowest BCUT2D eigenvalue weighted by Gasteiger charge is -2.13. The molecule has 0 fully saturated rings. The molecule has 108 valence electrons. The number of hydrogen-bond acceptors (Lipinski definition) is 2. The van der Waals surface area contributed by atoms with Crippen LogP contribution in [0.1, 0.15) is 44.7 Å². The van der Waals surface area contributed by atoms with Crippen LogP contribution in [0.5, 0.6) is 0 Å². The third kappa shape index (κ3) is 3.48. The second-order valence-corrected chi connectivity index (χ2v) is 5.01. The van der Waals surface area contributed by atoms with E-state index in [0.29, 0.717) is 0 Å². The molecule has 0 radical (unpaired) electrons. The van der Waals surface area contributed by atoms with E-state index in [1.54, 1.807) is 6.07 Å². The molecule has 0 aromatic heterocycles. The van der Waals surface area contributed by atoms with Crippen molar-refractivity contribution in [2.75, 3.05) is 0 Å². The molecule has 0 amide bonds. The van der Waals surface area contributed by atoms with Crippen LogP contribution in [0.2, 0.25) is 0 Å². The highest BCUT2D eigenvalue weighted by Crippen LogP contribution is 2.23. The van der Waals surface area contributed by atoms with Crippen molar-refractivity contribution in [2.24, 2.45) is 0 Å². The molecule has 2 rings (SSSR count). The molecule has 1 atom stereocenters. The summed E-state index contributed by atoms with van der Waals surface area (Å²) in [4.78, 5) is 22.2. The lowest BCUT2D eigenvalue weighted by molar-refractivity contribution is 0.0651. The van der Waals surface area contributed by atoms with Gasteiger partial charge >= 0.3 is 11.9 Å². The highest BCUT2D eigenvalue weighted by Gasteiger charge is 2.18. The average molecular weight is 284 g/mol. The van der Waals surface area contributed by atoms with E-state index in [1.165, 1.54) is 12.1 Å². The van der Waals surface area contributed by atoms with Crippen molar-refractivity contribution in [3.63, 3.8) is 0 Å². The van der Waals surface area contributed by atoms with Gasteiger partial charge in [0.15, 0.2) is 0 Å². The summed E-state index contributed by atoms with van der Waals surface area (Å²) in [5, 5.41) is 18.2. The quantitative estimate of drug-likeness (QED) is 0.882. The largest absolute Gasteiger partial charge is 0.478 e. The van der Waals surface area contributed by atoms with E-state index in [4.69, 9.17) is 10.2 Å². The first kappa shape index (κ1) is 14.8. The van der Waals surface area contributed by atoms with Gasteiger partial charge in [-0.05, 0) is 35.6 Å². The van der Waals surface area contributed by atoms with Gasteiger partial charge in [-0.1, -0.05) is 43.3 Å². The maximum atomic E-state index is 11.2. The first-order valence-electron chi connectivity index (χ1n) is 6.63. The summed E-state index contributed by atoms with van der Waals surface area (Å²) < 4.78 is 0. The number of rotatable bonds is 5. The molecule has 2 N–H and O–H groups in total. The van der Waals surface area contributed by atoms with Crippen molar-refractivity contribution in [2.45, 2.75) is 19.3 Å². The molecular formula is C17H16O4. The fourth-order valence-corrected chi connectivity index (χ4v) is 2.32. The van der Waals surface area contributed by atoms with E-state index in [-0.39, 0.29) is 17.0 Å². The summed E-state index contributed by atoms with van der Waals surface area (Å²) in [5.74, 6) is -2.34. The summed E-state index contributed by atoms with van der Waals surface area (Å²) in [6, 6.07) is 14.4. The standard InChI is InChI=1S/C17H16O4/c1-11(9-12-5-3-2-4-6-12)13-7-8-14(16(18)19)15(10-13)17(20)21/h2-8,10-11H,9H2,1H3,(H,18,19)(H,20,21). The van der Waals surface area contributed by atoms with Crippen molar-refractivity contribution < 1.29 is 19.8 Å². The third-order valence-electron chi connectivity index (χ3n) is 3.46. The second-order valence-electron chi connectivity index (χ2n) is 5.01. The van der Waals surface area contributed by atoms with E-state index in [1.807, 2.05) is 37.3 Å². The Morgan fingerprint density at radius 2 is 1.57 bits per heavy atom. The van der Waals surface area contributed by atoms with Crippen LogP contribution in [0.3, 0.4) is 0 Å². The van der Waals surface area contributed by atoms with Gasteiger partial charge in [0.1, 0.15) is 0 Å². The molecule has 21 heavy (non-hydrogen) atoms. The number of aromatic carboxylic acids is 2. The van der Waals surface area contributed by atoms with Crippen LogP contribution in [-0.2, 0) is 6.42 Å². The number of benzene rings is 2. The van der Waals surface area contributed by atoms with Crippen molar-refractivity contribution in [3.05, 3.63) is 70.8 Å². The lowest BCUT2D eigenvalue weighted by Crippen LogP contribution is -2.10. The summed E-state index contributed by atoms with van der Waals surface area (Å²) in [6.07, 6.45) is 0.770. The Balaban J connectivity index is 2.30. The molecule has 0 bridgehead atoms. The minimum absolute atomic E-state index is 0.105. The van der Waals surface area contributed by atoms with Crippen LogP contribution < -0.4 is 0 Å². The molecular weight excluding hydrogens is 268 g/mol. The van der Waals surface area contributed by atoms with Crippen molar-refractivity contribution in [3.8, 4) is 0 Å². The van der Waals surface area contributed by atoms with Gasteiger partial charge in [-0.15, -0.1) is 0 Å². The molecule has 1 unspecified atom stereocenters. The molecule has 0 saturated heterocycles. The molecule has 0 spiro atoms. The fraction of sp³-hybridized carbons (Fsp3) is 0.176. The zero-order valence-electron chi connectivity index (χ0n) is 11.6. The van der Waals surface area contributed by atoms with E-state index in [9.17, 15) is 9.59 Å². The molecule has 0 heterocycles. The number of hydrogen-bond donors (Lipinski definition) is 2. The van der Waals surface area contributed by atoms with E-state index in [0.717, 1.165) is 17.5 Å². The maximum absolute atomic E-state index is 11.2. The molecule has 0 saturated carbocycles. The van der Waals surface area contributed by atoms with Gasteiger partial charge in [0, 0.05) is 0 Å². The van der Waals surface area contributed by atoms with Gasteiger partial charge < -0.3 is 10.2 Å². The second kappa shape index (κ2) is 6.22. The van der Waals surface area contributed by atoms with Crippen molar-refractivity contribution in [1.82, 2.24) is 0 Å². The molecule has 2 aromatic carbocycles. The average Bonchev–Trinajstić information content (AvgIpc) is 2.47. The summed E-state index contributed by atoms with van der Waals surface area (Å²) in [7, 11) is 0. The zero-order valence-corrected chi connectivity index (χ0v) is 11.6. The van der Waals surface area contributed by atoms with Gasteiger partial charge in [0.05, 0.1) is 11.1 Å². The van der Waals surface area contributed by atoms with Gasteiger partial charge in [0.2, 0.25) is 0 Å². The van der Waals surface area contributed by atoms with Crippen LogP contribution in [0.15, 0.2) is 48.5 Å². The third-order valence-corrected chi connectivity index (χ3v) is 3.46. The Bertz CT molecular complexity index is 662. The highest BCUT2D eigenvalue weighted by atomic mass is 16.4. The first-order chi connectivity index (χ1) is 9.99. The summed E-state index contributed by atoms with van der Waals surface area (Å²) >= 11 is 0. The summed E-state index contributed by atoms with van der Waals surface area (Å²) in [5.41, 5.74) is 1.63. The zero-order chi connectivity index (χ0) is 15.4. The normalized spacial score (nSPS) is 11.9. The van der Waals surface area contributed by atoms with E-state index < -0.39 is 11.9 Å². The molecule has 4 heteroatoms. The molecule has 4 nitrogen and oxygen atoms in total. The highest BCUT2D eigenvalue weighted by molar-refractivity contribution is 6.01. The lowest BCUT2D eigenvalue weighted by atomic mass is 9.91. The Labute approximate surface area is 122 Å². The topological polar surface area (TPSA) is 74.6 Å². The number of carboxylic acid groups (broad SMARTS) is 2. The van der Waals surface area contributed by atoms with Crippen molar-refractivity contribution >= 4 is 11.9 Å². The SMILES string of the molecule is CC(Cc1ccccc1)c1ccc(C(=O)O)c(C(=O)O)c1. The molecule has 0 aliphatic rings. The maximum Gasteiger partial charge on any atom is 0.336 e. The minimum Gasteiger partial charge on any atom is -0.478 e.